The summed E-state index contributed by atoms with van der Waals surface area (Å²) in [6.45, 7) is 5.89. The molecule has 3 N–H and O–H groups in total. The van der Waals surface area contributed by atoms with Gasteiger partial charge in [0.1, 0.15) is 0 Å². The number of ether oxygens (including phenoxy) is 3. The summed E-state index contributed by atoms with van der Waals surface area (Å²) >= 11 is 0. The van der Waals surface area contributed by atoms with E-state index in [0.717, 1.165) is 0 Å². The van der Waals surface area contributed by atoms with Crippen molar-refractivity contribution in [2.45, 2.75) is 33.8 Å². The molecule has 2 aromatic rings. The number of benzene rings is 1. The molecule has 0 spiro atoms. The molecule has 1 aromatic heterocycles. The first-order chi connectivity index (χ1) is 14.1. The van der Waals surface area contributed by atoms with Gasteiger partial charge < -0.3 is 24.9 Å². The molecule has 1 aromatic carbocycles. The van der Waals surface area contributed by atoms with Gasteiger partial charge in [-0.3, -0.25) is 14.4 Å². The van der Waals surface area contributed by atoms with Gasteiger partial charge in [0.05, 0.1) is 18.4 Å². The van der Waals surface area contributed by atoms with E-state index in [0.29, 0.717) is 16.8 Å². The van der Waals surface area contributed by atoms with Crippen molar-refractivity contribution in [1.82, 2.24) is 4.98 Å². The lowest BCUT2D eigenvalue weighted by molar-refractivity contribution is -0.119. The van der Waals surface area contributed by atoms with Gasteiger partial charge in [-0.25, -0.2) is 4.79 Å². The molecule has 0 saturated heterocycles. The van der Waals surface area contributed by atoms with Crippen LogP contribution in [0.3, 0.4) is 0 Å². The quantitative estimate of drug-likeness (QED) is 0.472. The first-order valence-corrected chi connectivity index (χ1v) is 9.11. The lowest BCUT2D eigenvalue weighted by Gasteiger charge is -2.14. The molecule has 0 aliphatic heterocycles. The number of esters is 1. The van der Waals surface area contributed by atoms with E-state index < -0.39 is 23.8 Å². The molecule has 0 radical (unpaired) electrons. The summed E-state index contributed by atoms with van der Waals surface area (Å²) in [6.07, 6.45) is -1.09. The van der Waals surface area contributed by atoms with Gasteiger partial charge in [-0.15, -0.1) is 0 Å². The van der Waals surface area contributed by atoms with E-state index in [1.807, 2.05) is 0 Å². The number of nitrogens with one attached hydrogen (secondary N) is 1. The fraction of sp³-hybridized carbons (Fsp3) is 0.333. The van der Waals surface area contributed by atoms with Crippen LogP contribution < -0.4 is 15.2 Å². The standard InChI is InChI=1S/C21H24N2O7/c1-10-18(12(3)24)11(2)23-19(10)20(26)13(4)30-21(27)14-6-7-15(16(8-14)28-5)29-9-17(22)25/h6-8,13,23H,9H2,1-5H3,(H2,22,25)/t13-/m0/s1. The van der Waals surface area contributed by atoms with Gasteiger partial charge in [0.15, 0.2) is 30.0 Å². The Balaban J connectivity index is 2.17. The molecule has 0 bridgehead atoms. The van der Waals surface area contributed by atoms with Gasteiger partial charge >= 0.3 is 5.97 Å². The number of aryl methyl sites for hydroxylation is 1. The number of amides is 1. The van der Waals surface area contributed by atoms with Crippen molar-refractivity contribution in [3.8, 4) is 11.5 Å². The van der Waals surface area contributed by atoms with Gasteiger partial charge in [0.2, 0.25) is 5.78 Å². The van der Waals surface area contributed by atoms with Crippen LogP contribution >= 0.6 is 0 Å². The smallest absolute Gasteiger partial charge is 0.338 e. The molecule has 30 heavy (non-hydrogen) atoms. The number of ketones is 2. The predicted molar refractivity (Wildman–Crippen MR) is 107 cm³/mol. The first-order valence-electron chi connectivity index (χ1n) is 9.11. The van der Waals surface area contributed by atoms with E-state index >= 15 is 0 Å². The Hall–Kier alpha value is -3.62. The first kappa shape index (κ1) is 22.7. The second kappa shape index (κ2) is 9.25. The Morgan fingerprint density at radius 2 is 1.80 bits per heavy atom. The molecule has 9 nitrogen and oxygen atoms in total. The van der Waals surface area contributed by atoms with Crippen molar-refractivity contribution in [3.63, 3.8) is 0 Å². The zero-order chi connectivity index (χ0) is 22.6. The van der Waals surface area contributed by atoms with Gasteiger partial charge in [-0.2, -0.15) is 0 Å². The second-order valence-electron chi connectivity index (χ2n) is 6.71. The molecular formula is C21H24N2O7. The highest BCUT2D eigenvalue weighted by Crippen LogP contribution is 2.28. The number of carbonyl (C=O) groups is 4. The van der Waals surface area contributed by atoms with Crippen molar-refractivity contribution in [2.75, 3.05) is 13.7 Å². The van der Waals surface area contributed by atoms with Crippen molar-refractivity contribution in [3.05, 3.63) is 46.3 Å². The molecule has 0 fully saturated rings. The third-order valence-corrected chi connectivity index (χ3v) is 4.46. The van der Waals surface area contributed by atoms with Crippen molar-refractivity contribution < 1.29 is 33.4 Å². The number of aromatic nitrogens is 1. The van der Waals surface area contributed by atoms with Crippen LogP contribution in [0, 0.1) is 13.8 Å². The van der Waals surface area contributed by atoms with E-state index in [-0.39, 0.29) is 35.1 Å². The maximum atomic E-state index is 12.7. The lowest BCUT2D eigenvalue weighted by Crippen LogP contribution is -2.25. The van der Waals surface area contributed by atoms with Crippen LogP contribution in [0.5, 0.6) is 11.5 Å². The summed E-state index contributed by atoms with van der Waals surface area (Å²) < 4.78 is 15.7. The summed E-state index contributed by atoms with van der Waals surface area (Å²) in [4.78, 5) is 50.8. The zero-order valence-corrected chi connectivity index (χ0v) is 17.5. The molecule has 1 heterocycles. The minimum Gasteiger partial charge on any atom is -0.493 e. The maximum Gasteiger partial charge on any atom is 0.338 e. The van der Waals surface area contributed by atoms with Crippen LogP contribution in [-0.2, 0) is 9.53 Å². The van der Waals surface area contributed by atoms with Gasteiger partial charge in [0.25, 0.3) is 5.91 Å². The number of rotatable bonds is 9. The van der Waals surface area contributed by atoms with E-state index in [2.05, 4.69) is 4.98 Å². The van der Waals surface area contributed by atoms with Crippen molar-refractivity contribution >= 4 is 23.4 Å². The fourth-order valence-electron chi connectivity index (χ4n) is 3.07. The summed E-state index contributed by atoms with van der Waals surface area (Å²) in [5, 5.41) is 0. The third kappa shape index (κ3) is 4.86. The highest BCUT2D eigenvalue weighted by atomic mass is 16.5. The molecule has 1 amide bonds. The molecule has 0 aliphatic rings. The summed E-state index contributed by atoms with van der Waals surface area (Å²) in [6, 6.07) is 4.21. The van der Waals surface area contributed by atoms with E-state index in [9.17, 15) is 19.2 Å². The minimum atomic E-state index is -1.09. The van der Waals surface area contributed by atoms with E-state index in [1.165, 1.54) is 39.2 Å². The summed E-state index contributed by atoms with van der Waals surface area (Å²) in [7, 11) is 1.37. The predicted octanol–water partition coefficient (Wildman–Crippen LogP) is 2.14. The molecule has 160 valence electrons. The average Bonchev–Trinajstić information content (AvgIpc) is 2.99. The van der Waals surface area contributed by atoms with Crippen LogP contribution in [0.15, 0.2) is 18.2 Å². The minimum absolute atomic E-state index is 0.127. The lowest BCUT2D eigenvalue weighted by atomic mass is 10.0. The molecule has 0 aliphatic carbocycles. The van der Waals surface area contributed by atoms with E-state index in [1.54, 1.807) is 13.8 Å². The highest BCUT2D eigenvalue weighted by Gasteiger charge is 2.26. The van der Waals surface area contributed by atoms with Crippen LogP contribution in [0.25, 0.3) is 0 Å². The number of primary amides is 1. The van der Waals surface area contributed by atoms with Crippen molar-refractivity contribution in [1.29, 1.82) is 0 Å². The largest absolute Gasteiger partial charge is 0.493 e. The van der Waals surface area contributed by atoms with Gasteiger partial charge in [-0.05, 0) is 51.5 Å². The molecule has 0 saturated carbocycles. The van der Waals surface area contributed by atoms with Gasteiger partial charge in [-0.1, -0.05) is 0 Å². The number of aromatic amines is 1. The monoisotopic (exact) mass is 416 g/mol. The van der Waals surface area contributed by atoms with E-state index in [4.69, 9.17) is 19.9 Å². The molecule has 9 heteroatoms. The fourth-order valence-corrected chi connectivity index (χ4v) is 3.07. The van der Waals surface area contributed by atoms with Crippen LogP contribution in [0.2, 0.25) is 0 Å². The Kier molecular flexibility index (Phi) is 6.99. The molecule has 0 unspecified atom stereocenters. The third-order valence-electron chi connectivity index (χ3n) is 4.46. The maximum absolute atomic E-state index is 12.7. The Morgan fingerprint density at radius 3 is 2.33 bits per heavy atom. The Morgan fingerprint density at radius 1 is 1.13 bits per heavy atom. The highest BCUT2D eigenvalue weighted by molar-refractivity contribution is 6.05. The Labute approximate surface area is 173 Å². The number of Topliss-reactive ketones (excluding diaryl/α,β-unsaturated/α-hetero) is 2. The average molecular weight is 416 g/mol. The van der Waals surface area contributed by atoms with Crippen LogP contribution in [0.1, 0.15) is 56.3 Å². The number of methoxy groups -OCH3 is 1. The number of nitrogens with two attached hydrogens (primary N) is 1. The summed E-state index contributed by atoms with van der Waals surface area (Å²) in [5.41, 5.74) is 6.95. The number of hydrogen-bond donors (Lipinski definition) is 2. The molecule has 1 atom stereocenters. The van der Waals surface area contributed by atoms with Crippen LogP contribution in [0.4, 0.5) is 0 Å². The number of H-pyrrole nitrogens is 1. The number of hydrogen-bond acceptors (Lipinski definition) is 7. The van der Waals surface area contributed by atoms with Crippen molar-refractivity contribution in [2.24, 2.45) is 5.73 Å². The molecular weight excluding hydrogens is 392 g/mol. The second-order valence-corrected chi connectivity index (χ2v) is 6.71. The van der Waals surface area contributed by atoms with Gasteiger partial charge in [0, 0.05) is 11.3 Å². The number of carbonyl (C=O) groups excluding carboxylic acids is 4. The SMILES string of the molecule is COc1cc(C(=O)O[C@@H](C)C(=O)c2[nH]c(C)c(C(C)=O)c2C)ccc1OCC(N)=O. The molecule has 2 rings (SSSR count). The topological polar surface area (TPSA) is 138 Å². The normalized spacial score (nSPS) is 11.5. The zero-order valence-electron chi connectivity index (χ0n) is 17.5. The van der Waals surface area contributed by atoms with Crippen LogP contribution in [-0.4, -0.2) is 48.2 Å². The summed E-state index contributed by atoms with van der Waals surface area (Å²) in [5.74, 6) is -1.59. The Bertz CT molecular complexity index is 1010.